The molecule has 1 aliphatic heterocycles. The number of hydrogen-bond donors (Lipinski definition) is 2. The van der Waals surface area contributed by atoms with E-state index in [0.717, 1.165) is 0 Å². The lowest BCUT2D eigenvalue weighted by Gasteiger charge is -2.39. The first-order valence-electron chi connectivity index (χ1n) is 5.77. The quantitative estimate of drug-likeness (QED) is 0.814. The van der Waals surface area contributed by atoms with Gasteiger partial charge in [0.05, 0.1) is 24.1 Å². The normalized spacial score (nSPS) is 18.7. The van der Waals surface area contributed by atoms with Gasteiger partial charge < -0.3 is 20.5 Å². The van der Waals surface area contributed by atoms with Gasteiger partial charge in [-0.25, -0.2) is 9.78 Å². The van der Waals surface area contributed by atoms with Gasteiger partial charge in [-0.05, 0) is 19.9 Å². The fraction of sp³-hybridized carbons (Fsp3) is 0.500. The van der Waals surface area contributed by atoms with Crippen molar-refractivity contribution >= 4 is 17.5 Å². The van der Waals surface area contributed by atoms with Crippen molar-refractivity contribution in [1.29, 1.82) is 0 Å². The first-order chi connectivity index (χ1) is 8.39. The molecule has 1 aromatic heterocycles. The lowest BCUT2D eigenvalue weighted by atomic mass is 10.1. The smallest absolute Gasteiger partial charge is 0.339 e. The van der Waals surface area contributed by atoms with Crippen LogP contribution in [0.1, 0.15) is 24.2 Å². The number of morpholine rings is 1. The number of aromatic carboxylic acids is 1. The van der Waals surface area contributed by atoms with Crippen LogP contribution in [-0.2, 0) is 4.74 Å². The molecular formula is C12H17N3O3. The first-order valence-corrected chi connectivity index (χ1v) is 5.77. The Balaban J connectivity index is 2.35. The highest BCUT2D eigenvalue weighted by atomic mass is 16.5. The number of nitrogen functional groups attached to an aromatic ring is 1. The number of rotatable bonds is 2. The summed E-state index contributed by atoms with van der Waals surface area (Å²) < 4.78 is 5.60. The van der Waals surface area contributed by atoms with Crippen LogP contribution in [0.2, 0.25) is 0 Å². The number of aromatic nitrogens is 1. The molecule has 1 fully saturated rings. The monoisotopic (exact) mass is 251 g/mol. The van der Waals surface area contributed by atoms with Gasteiger partial charge in [0.15, 0.2) is 0 Å². The molecule has 0 bridgehead atoms. The van der Waals surface area contributed by atoms with E-state index < -0.39 is 5.97 Å². The maximum absolute atomic E-state index is 11.2. The van der Waals surface area contributed by atoms with Gasteiger partial charge in [0.2, 0.25) is 0 Å². The summed E-state index contributed by atoms with van der Waals surface area (Å²) in [5, 5.41) is 9.20. The highest BCUT2D eigenvalue weighted by Gasteiger charge is 2.30. The molecule has 3 N–H and O–H groups in total. The Bertz CT molecular complexity index is 474. The van der Waals surface area contributed by atoms with Crippen LogP contribution < -0.4 is 10.6 Å². The predicted octanol–water partition coefficient (Wildman–Crippen LogP) is 0.977. The third-order valence-electron chi connectivity index (χ3n) is 2.84. The van der Waals surface area contributed by atoms with Gasteiger partial charge in [0.25, 0.3) is 0 Å². The van der Waals surface area contributed by atoms with E-state index in [0.29, 0.717) is 31.2 Å². The van der Waals surface area contributed by atoms with Crippen LogP contribution in [-0.4, -0.2) is 41.4 Å². The summed E-state index contributed by atoms with van der Waals surface area (Å²) in [6.07, 6.45) is 1.48. The molecule has 1 aliphatic rings. The van der Waals surface area contributed by atoms with E-state index in [4.69, 9.17) is 10.5 Å². The Kier molecular flexibility index (Phi) is 3.13. The van der Waals surface area contributed by atoms with Gasteiger partial charge in [-0.15, -0.1) is 0 Å². The largest absolute Gasteiger partial charge is 0.478 e. The molecular weight excluding hydrogens is 234 g/mol. The number of nitrogens with two attached hydrogens (primary N) is 1. The van der Waals surface area contributed by atoms with Crippen molar-refractivity contribution in [3.63, 3.8) is 0 Å². The van der Waals surface area contributed by atoms with Gasteiger partial charge in [0.1, 0.15) is 11.4 Å². The standard InChI is InChI=1S/C12H17N3O3/c1-12(2)7-15(3-4-18-12)10-9(11(16)17)5-8(13)6-14-10/h5-6H,3-4,7,13H2,1-2H3,(H,16,17). The van der Waals surface area contributed by atoms with E-state index in [2.05, 4.69) is 4.98 Å². The zero-order valence-corrected chi connectivity index (χ0v) is 10.5. The topological polar surface area (TPSA) is 88.7 Å². The Morgan fingerprint density at radius 1 is 1.61 bits per heavy atom. The molecule has 0 spiro atoms. The highest BCUT2D eigenvalue weighted by molar-refractivity contribution is 5.94. The number of nitrogens with zero attached hydrogens (tertiary/aromatic N) is 2. The van der Waals surface area contributed by atoms with Gasteiger partial charge in [0, 0.05) is 13.1 Å². The molecule has 0 amide bonds. The Morgan fingerprint density at radius 3 is 2.94 bits per heavy atom. The van der Waals surface area contributed by atoms with E-state index in [1.807, 2.05) is 18.7 Å². The highest BCUT2D eigenvalue weighted by Crippen LogP contribution is 2.25. The second-order valence-electron chi connectivity index (χ2n) is 4.97. The van der Waals surface area contributed by atoms with Crippen LogP contribution in [0.25, 0.3) is 0 Å². The summed E-state index contributed by atoms with van der Waals surface area (Å²) in [7, 11) is 0. The lowest BCUT2D eigenvalue weighted by Crippen LogP contribution is -2.49. The van der Waals surface area contributed by atoms with Crippen molar-refractivity contribution in [1.82, 2.24) is 4.98 Å². The number of ether oxygens (including phenoxy) is 1. The van der Waals surface area contributed by atoms with Crippen molar-refractivity contribution in [3.05, 3.63) is 17.8 Å². The number of carboxylic acid groups (broad SMARTS) is 1. The molecule has 1 saturated heterocycles. The van der Waals surface area contributed by atoms with Crippen LogP contribution in [0.4, 0.5) is 11.5 Å². The third kappa shape index (κ3) is 2.53. The molecule has 0 atom stereocenters. The lowest BCUT2D eigenvalue weighted by molar-refractivity contribution is -0.0279. The minimum absolute atomic E-state index is 0.132. The minimum atomic E-state index is -1.02. The van der Waals surface area contributed by atoms with E-state index in [1.54, 1.807) is 0 Å². The van der Waals surface area contributed by atoms with Crippen molar-refractivity contribution in [2.75, 3.05) is 30.3 Å². The average molecular weight is 251 g/mol. The minimum Gasteiger partial charge on any atom is -0.478 e. The molecule has 6 nitrogen and oxygen atoms in total. The maximum Gasteiger partial charge on any atom is 0.339 e. The average Bonchev–Trinajstić information content (AvgIpc) is 2.27. The van der Waals surface area contributed by atoms with Crippen molar-refractivity contribution in [3.8, 4) is 0 Å². The third-order valence-corrected chi connectivity index (χ3v) is 2.84. The molecule has 18 heavy (non-hydrogen) atoms. The predicted molar refractivity (Wildman–Crippen MR) is 67.9 cm³/mol. The molecule has 0 aromatic carbocycles. The van der Waals surface area contributed by atoms with Crippen LogP contribution in [0.5, 0.6) is 0 Å². The molecule has 1 aromatic rings. The Labute approximate surface area is 105 Å². The number of carboxylic acids is 1. The van der Waals surface area contributed by atoms with Crippen LogP contribution in [0.3, 0.4) is 0 Å². The van der Waals surface area contributed by atoms with Crippen molar-refractivity contribution < 1.29 is 14.6 Å². The first kappa shape index (κ1) is 12.6. The zero-order valence-electron chi connectivity index (χ0n) is 10.5. The van der Waals surface area contributed by atoms with Gasteiger partial charge in [-0.2, -0.15) is 0 Å². The Hall–Kier alpha value is -1.82. The van der Waals surface area contributed by atoms with Gasteiger partial charge in [-0.3, -0.25) is 0 Å². The zero-order chi connectivity index (χ0) is 13.3. The summed E-state index contributed by atoms with van der Waals surface area (Å²) >= 11 is 0. The van der Waals surface area contributed by atoms with Crippen LogP contribution >= 0.6 is 0 Å². The van der Waals surface area contributed by atoms with E-state index in [1.165, 1.54) is 12.3 Å². The van der Waals surface area contributed by atoms with E-state index >= 15 is 0 Å². The molecule has 98 valence electrons. The summed E-state index contributed by atoms with van der Waals surface area (Å²) in [5.41, 5.74) is 5.75. The number of hydrogen-bond acceptors (Lipinski definition) is 5. The summed E-state index contributed by atoms with van der Waals surface area (Å²) in [6, 6.07) is 1.44. The van der Waals surface area contributed by atoms with Crippen LogP contribution in [0, 0.1) is 0 Å². The van der Waals surface area contributed by atoms with E-state index in [-0.39, 0.29) is 11.2 Å². The summed E-state index contributed by atoms with van der Waals surface area (Å²) in [5.74, 6) is -0.567. The van der Waals surface area contributed by atoms with Crippen molar-refractivity contribution in [2.45, 2.75) is 19.4 Å². The fourth-order valence-electron chi connectivity index (χ4n) is 2.08. The maximum atomic E-state index is 11.2. The van der Waals surface area contributed by atoms with Gasteiger partial charge >= 0.3 is 5.97 Å². The molecule has 0 saturated carbocycles. The molecule has 0 aliphatic carbocycles. The number of anilines is 2. The molecule has 2 rings (SSSR count). The molecule has 6 heteroatoms. The summed E-state index contributed by atoms with van der Waals surface area (Å²) in [6.45, 7) is 5.72. The molecule has 2 heterocycles. The SMILES string of the molecule is CC1(C)CN(c2ncc(N)cc2C(=O)O)CCO1. The second kappa shape index (κ2) is 4.45. The van der Waals surface area contributed by atoms with Crippen LogP contribution in [0.15, 0.2) is 12.3 Å². The second-order valence-corrected chi connectivity index (χ2v) is 4.97. The fourth-order valence-corrected chi connectivity index (χ4v) is 2.08. The Morgan fingerprint density at radius 2 is 2.33 bits per heavy atom. The number of carbonyl (C=O) groups is 1. The molecule has 0 radical (unpaired) electrons. The van der Waals surface area contributed by atoms with E-state index in [9.17, 15) is 9.90 Å². The molecule has 0 unspecified atom stereocenters. The van der Waals surface area contributed by atoms with Gasteiger partial charge in [-0.1, -0.05) is 0 Å². The van der Waals surface area contributed by atoms with Crippen molar-refractivity contribution in [2.24, 2.45) is 0 Å². The summed E-state index contributed by atoms with van der Waals surface area (Å²) in [4.78, 5) is 17.3. The number of pyridine rings is 1.